The Morgan fingerprint density at radius 3 is 2.71 bits per heavy atom. The number of halogens is 1. The predicted octanol–water partition coefficient (Wildman–Crippen LogP) is 3.86. The first-order chi connectivity index (χ1) is 10.0. The molecular weight excluding hydrogens is 328 g/mol. The van der Waals surface area contributed by atoms with Gasteiger partial charge in [-0.3, -0.25) is 0 Å². The molecule has 0 spiro atoms. The van der Waals surface area contributed by atoms with Gasteiger partial charge in [-0.2, -0.15) is 0 Å². The minimum Gasteiger partial charge on any atom is -0.391 e. The number of aliphatic hydroxyl groups is 1. The van der Waals surface area contributed by atoms with Crippen LogP contribution in [0.2, 0.25) is 0 Å². The lowest BCUT2D eigenvalue weighted by atomic mass is 9.91. The Hall–Kier alpha value is -0.580. The molecule has 2 rings (SSSR count). The molecular formula is C17H27BrN2O. The summed E-state index contributed by atoms with van der Waals surface area (Å²) in [6.45, 7) is 5.27. The molecule has 3 atom stereocenters. The van der Waals surface area contributed by atoms with Gasteiger partial charge in [-0.15, -0.1) is 0 Å². The number of benzene rings is 1. The van der Waals surface area contributed by atoms with Crippen molar-refractivity contribution in [2.45, 2.75) is 57.7 Å². The minimum atomic E-state index is -0.212. The highest BCUT2D eigenvalue weighted by molar-refractivity contribution is 9.10. The number of hydrogen-bond acceptors (Lipinski definition) is 3. The van der Waals surface area contributed by atoms with Crippen molar-refractivity contribution >= 4 is 21.6 Å². The summed E-state index contributed by atoms with van der Waals surface area (Å²) in [6, 6.07) is 7.11. The Morgan fingerprint density at radius 1 is 1.38 bits per heavy atom. The van der Waals surface area contributed by atoms with Gasteiger partial charge in [0, 0.05) is 17.6 Å². The normalized spacial score (nSPS) is 23.9. The summed E-state index contributed by atoms with van der Waals surface area (Å²) in [5, 5.41) is 13.7. The van der Waals surface area contributed by atoms with E-state index < -0.39 is 0 Å². The van der Waals surface area contributed by atoms with Gasteiger partial charge in [0.25, 0.3) is 0 Å². The van der Waals surface area contributed by atoms with E-state index >= 15 is 0 Å². The fourth-order valence-corrected chi connectivity index (χ4v) is 3.90. The maximum absolute atomic E-state index is 10.2. The first-order valence-corrected chi connectivity index (χ1v) is 8.77. The van der Waals surface area contributed by atoms with Crippen molar-refractivity contribution in [2.75, 3.05) is 18.5 Å². The largest absolute Gasteiger partial charge is 0.391 e. The van der Waals surface area contributed by atoms with Crippen molar-refractivity contribution in [2.24, 2.45) is 0 Å². The van der Waals surface area contributed by atoms with Crippen molar-refractivity contribution in [3.8, 4) is 0 Å². The molecule has 1 aliphatic rings. The highest BCUT2D eigenvalue weighted by Crippen LogP contribution is 2.33. The summed E-state index contributed by atoms with van der Waals surface area (Å²) in [6.07, 6.45) is 4.13. The van der Waals surface area contributed by atoms with E-state index in [1.165, 1.54) is 12.0 Å². The Bertz CT molecular complexity index is 466. The third kappa shape index (κ3) is 3.99. The number of aliphatic hydroxyl groups excluding tert-OH is 1. The lowest BCUT2D eigenvalue weighted by Crippen LogP contribution is -2.43. The van der Waals surface area contributed by atoms with Crippen LogP contribution >= 0.6 is 15.9 Å². The van der Waals surface area contributed by atoms with Crippen LogP contribution in [-0.2, 0) is 0 Å². The molecule has 0 aliphatic heterocycles. The van der Waals surface area contributed by atoms with Gasteiger partial charge in [-0.25, -0.2) is 0 Å². The average molecular weight is 355 g/mol. The van der Waals surface area contributed by atoms with Crippen LogP contribution in [0.15, 0.2) is 22.7 Å². The maximum atomic E-state index is 10.2. The molecule has 0 bridgehead atoms. The molecule has 0 amide bonds. The molecule has 1 aromatic carbocycles. The highest BCUT2D eigenvalue weighted by Gasteiger charge is 2.27. The van der Waals surface area contributed by atoms with Gasteiger partial charge >= 0.3 is 0 Å². The topological polar surface area (TPSA) is 35.5 Å². The molecule has 1 aliphatic carbocycles. The Kier molecular flexibility index (Phi) is 6.08. The van der Waals surface area contributed by atoms with E-state index in [1.54, 1.807) is 0 Å². The second-order valence-electron chi connectivity index (χ2n) is 6.02. The molecule has 1 aromatic rings. The van der Waals surface area contributed by atoms with Crippen molar-refractivity contribution in [1.29, 1.82) is 0 Å². The van der Waals surface area contributed by atoms with E-state index in [0.717, 1.165) is 36.0 Å². The van der Waals surface area contributed by atoms with E-state index in [0.29, 0.717) is 6.04 Å². The smallest absolute Gasteiger partial charge is 0.0743 e. The fraction of sp³-hybridized carbons (Fsp3) is 0.647. The number of likely N-dealkylation sites (N-methyl/N-ethyl adjacent to an activating group) is 1. The molecule has 21 heavy (non-hydrogen) atoms. The van der Waals surface area contributed by atoms with E-state index in [-0.39, 0.29) is 12.1 Å². The van der Waals surface area contributed by atoms with Crippen LogP contribution in [0.5, 0.6) is 0 Å². The first-order valence-electron chi connectivity index (χ1n) is 7.98. The van der Waals surface area contributed by atoms with Gasteiger partial charge < -0.3 is 15.3 Å². The molecule has 3 unspecified atom stereocenters. The second kappa shape index (κ2) is 7.61. The summed E-state index contributed by atoms with van der Waals surface area (Å²) in [7, 11) is 2.09. The summed E-state index contributed by atoms with van der Waals surface area (Å²) in [5.74, 6) is 0. The van der Waals surface area contributed by atoms with Gasteiger partial charge in [0.15, 0.2) is 0 Å². The molecule has 1 saturated carbocycles. The zero-order valence-corrected chi connectivity index (χ0v) is 14.9. The zero-order chi connectivity index (χ0) is 15.4. The molecule has 3 nitrogen and oxygen atoms in total. The van der Waals surface area contributed by atoms with E-state index in [1.807, 2.05) is 0 Å². The van der Waals surface area contributed by atoms with Gasteiger partial charge in [-0.1, -0.05) is 25.8 Å². The van der Waals surface area contributed by atoms with Gasteiger partial charge in [0.2, 0.25) is 0 Å². The van der Waals surface area contributed by atoms with Crippen LogP contribution in [0.1, 0.15) is 51.1 Å². The van der Waals surface area contributed by atoms with Crippen LogP contribution in [-0.4, -0.2) is 30.8 Å². The molecule has 118 valence electrons. The van der Waals surface area contributed by atoms with Crippen LogP contribution in [0, 0.1) is 0 Å². The average Bonchev–Trinajstić information content (AvgIpc) is 2.47. The first kappa shape index (κ1) is 16.8. The lowest BCUT2D eigenvalue weighted by molar-refractivity contribution is 0.106. The summed E-state index contributed by atoms with van der Waals surface area (Å²) in [5.41, 5.74) is 2.44. The Balaban J connectivity index is 2.16. The third-order valence-corrected chi connectivity index (χ3v) is 5.19. The van der Waals surface area contributed by atoms with Crippen molar-refractivity contribution < 1.29 is 5.11 Å². The summed E-state index contributed by atoms with van der Waals surface area (Å²) < 4.78 is 1.10. The Labute approximate surface area is 136 Å². The molecule has 0 radical (unpaired) electrons. The summed E-state index contributed by atoms with van der Waals surface area (Å²) >= 11 is 3.70. The van der Waals surface area contributed by atoms with Crippen LogP contribution in [0.3, 0.4) is 0 Å². The number of nitrogens with zero attached hydrogens (tertiary/aromatic N) is 1. The number of rotatable bonds is 5. The van der Waals surface area contributed by atoms with Gasteiger partial charge in [0.1, 0.15) is 0 Å². The fourth-order valence-electron chi connectivity index (χ4n) is 3.22. The van der Waals surface area contributed by atoms with E-state index in [9.17, 15) is 5.11 Å². The molecule has 0 saturated heterocycles. The third-order valence-electron chi connectivity index (χ3n) is 4.55. The molecule has 4 heteroatoms. The molecule has 0 heterocycles. The predicted molar refractivity (Wildman–Crippen MR) is 92.9 cm³/mol. The number of anilines is 1. The van der Waals surface area contributed by atoms with Gasteiger partial charge in [0.05, 0.1) is 17.8 Å². The van der Waals surface area contributed by atoms with Crippen LogP contribution in [0.25, 0.3) is 0 Å². The SMILES string of the molecule is CCNC(C)c1ccc(N(C)C2CCCCC2O)c(Br)c1. The van der Waals surface area contributed by atoms with Crippen molar-refractivity contribution in [3.05, 3.63) is 28.2 Å². The molecule has 0 aromatic heterocycles. The van der Waals surface area contributed by atoms with Crippen molar-refractivity contribution in [1.82, 2.24) is 5.32 Å². The summed E-state index contributed by atoms with van der Waals surface area (Å²) in [4.78, 5) is 2.23. The standard InChI is InChI=1S/C17H27BrN2O/c1-4-19-12(2)13-9-10-15(14(18)11-13)20(3)16-7-5-6-8-17(16)21/h9-12,16-17,19,21H,4-8H2,1-3H3. The van der Waals surface area contributed by atoms with Crippen LogP contribution in [0.4, 0.5) is 5.69 Å². The van der Waals surface area contributed by atoms with Gasteiger partial charge in [-0.05, 0) is 59.9 Å². The number of nitrogens with one attached hydrogen (secondary N) is 1. The maximum Gasteiger partial charge on any atom is 0.0743 e. The second-order valence-corrected chi connectivity index (χ2v) is 6.87. The minimum absolute atomic E-state index is 0.212. The molecule has 2 N–H and O–H groups in total. The van der Waals surface area contributed by atoms with E-state index in [2.05, 4.69) is 65.2 Å². The van der Waals surface area contributed by atoms with Crippen molar-refractivity contribution in [3.63, 3.8) is 0 Å². The van der Waals surface area contributed by atoms with E-state index in [4.69, 9.17) is 0 Å². The quantitative estimate of drug-likeness (QED) is 0.842. The zero-order valence-electron chi connectivity index (χ0n) is 13.3. The monoisotopic (exact) mass is 354 g/mol. The van der Waals surface area contributed by atoms with Crippen LogP contribution < -0.4 is 10.2 Å². The highest BCUT2D eigenvalue weighted by atomic mass is 79.9. The Morgan fingerprint density at radius 2 is 2.10 bits per heavy atom. The number of hydrogen-bond donors (Lipinski definition) is 2. The molecule has 1 fully saturated rings. The lowest BCUT2D eigenvalue weighted by Gasteiger charge is -2.37.